The maximum Gasteiger partial charge on any atom is 0.246 e. The summed E-state index contributed by atoms with van der Waals surface area (Å²) in [5.74, 6) is 0.436. The zero-order valence-corrected chi connectivity index (χ0v) is 9.74. The molecule has 1 aromatic rings. The highest BCUT2D eigenvalue weighted by atomic mass is 35.5. The van der Waals surface area contributed by atoms with Gasteiger partial charge in [-0.1, -0.05) is 12.1 Å². The third-order valence-electron chi connectivity index (χ3n) is 2.23. The zero-order valence-electron chi connectivity index (χ0n) is 8.98. The van der Waals surface area contributed by atoms with Crippen molar-refractivity contribution in [1.82, 2.24) is 5.43 Å². The molecule has 0 saturated carbocycles. The van der Waals surface area contributed by atoms with Crippen LogP contribution >= 0.6 is 11.6 Å². The minimum absolute atomic E-state index is 0.103. The Kier molecular flexibility index (Phi) is 3.39. The van der Waals surface area contributed by atoms with Crippen LogP contribution in [0.1, 0.15) is 12.0 Å². The molecule has 0 aliphatic carbocycles. The van der Waals surface area contributed by atoms with Gasteiger partial charge in [0, 0.05) is 5.56 Å². The molecule has 1 aliphatic rings. The molecule has 3 N–H and O–H groups in total. The number of nitrogens with one attached hydrogen (secondary N) is 1. The third-order valence-corrected chi connectivity index (χ3v) is 2.51. The second-order valence-corrected chi connectivity index (χ2v) is 3.82. The second kappa shape index (κ2) is 4.97. The van der Waals surface area contributed by atoms with Crippen LogP contribution in [0.15, 0.2) is 34.4 Å². The number of hydrogen-bond acceptors (Lipinski definition) is 3. The Morgan fingerprint density at radius 3 is 3.06 bits per heavy atom. The van der Waals surface area contributed by atoms with Crippen LogP contribution in [-0.2, 0) is 4.79 Å². The van der Waals surface area contributed by atoms with Gasteiger partial charge in [-0.15, -0.1) is 11.6 Å². The molecule has 0 saturated heterocycles. The smallest absolute Gasteiger partial charge is 0.246 e. The van der Waals surface area contributed by atoms with Gasteiger partial charge in [-0.3, -0.25) is 4.79 Å². The van der Waals surface area contributed by atoms with Crippen LogP contribution in [0.25, 0.3) is 0 Å². The number of rotatable bonds is 3. The number of carbonyl (C=O) groups excluding carboxylic acids is 1. The number of halogens is 1. The number of amides is 1. The van der Waals surface area contributed by atoms with Crippen LogP contribution in [0.5, 0.6) is 0 Å². The summed E-state index contributed by atoms with van der Waals surface area (Å²) in [6.07, 6.45) is 0.290. The van der Waals surface area contributed by atoms with E-state index in [0.717, 1.165) is 5.56 Å². The monoisotopic (exact) mass is 250 g/mol. The Labute approximate surface area is 103 Å². The summed E-state index contributed by atoms with van der Waals surface area (Å²) in [6.45, 7) is 0. The molecule has 1 heterocycles. The Hall–Kier alpha value is -1.88. The molecule has 0 spiro atoms. The fourth-order valence-electron chi connectivity index (χ4n) is 1.48. The molecular formula is C11H11ClN4O. The summed E-state index contributed by atoms with van der Waals surface area (Å²) in [5.41, 5.74) is 10.2. The standard InChI is InChI=1S/C11H11ClN4O/c12-6-10(13)14-8-3-1-2-7(4-8)9-5-11(17)16-15-9/h1-4H,5-6H2,(H2,13,14)(H,16,17). The summed E-state index contributed by atoms with van der Waals surface area (Å²) < 4.78 is 0. The first kappa shape index (κ1) is 11.6. The average molecular weight is 251 g/mol. The highest BCUT2D eigenvalue weighted by Crippen LogP contribution is 2.17. The number of benzene rings is 1. The second-order valence-electron chi connectivity index (χ2n) is 3.56. The van der Waals surface area contributed by atoms with E-state index >= 15 is 0 Å². The molecule has 1 aliphatic heterocycles. The Bertz CT molecular complexity index is 510. The van der Waals surface area contributed by atoms with E-state index in [2.05, 4.69) is 15.5 Å². The minimum Gasteiger partial charge on any atom is -0.386 e. The van der Waals surface area contributed by atoms with E-state index in [1.165, 1.54) is 0 Å². The maximum atomic E-state index is 11.0. The summed E-state index contributed by atoms with van der Waals surface area (Å²) in [4.78, 5) is 15.2. The maximum absolute atomic E-state index is 11.0. The van der Waals surface area contributed by atoms with E-state index in [0.29, 0.717) is 17.2 Å². The van der Waals surface area contributed by atoms with Gasteiger partial charge in [0.1, 0.15) is 5.84 Å². The van der Waals surface area contributed by atoms with E-state index in [-0.39, 0.29) is 18.2 Å². The van der Waals surface area contributed by atoms with Crippen molar-refractivity contribution in [3.8, 4) is 0 Å². The lowest BCUT2D eigenvalue weighted by molar-refractivity contribution is -0.119. The average Bonchev–Trinajstić information content (AvgIpc) is 2.76. The molecule has 0 bridgehead atoms. The van der Waals surface area contributed by atoms with Crippen molar-refractivity contribution in [2.24, 2.45) is 15.8 Å². The number of carbonyl (C=O) groups is 1. The first-order valence-corrected chi connectivity index (χ1v) is 5.57. The molecule has 0 fully saturated rings. The number of alkyl halides is 1. The molecule has 1 aromatic carbocycles. The first-order valence-electron chi connectivity index (χ1n) is 5.04. The van der Waals surface area contributed by atoms with E-state index in [1.807, 2.05) is 24.3 Å². The number of hydrazone groups is 1. The Morgan fingerprint density at radius 2 is 2.41 bits per heavy atom. The van der Waals surface area contributed by atoms with Crippen LogP contribution in [0.4, 0.5) is 5.69 Å². The lowest BCUT2D eigenvalue weighted by Gasteiger charge is -2.01. The number of aliphatic imine (C=N–C) groups is 1. The van der Waals surface area contributed by atoms with Gasteiger partial charge in [0.05, 0.1) is 23.7 Å². The molecule has 0 aromatic heterocycles. The number of nitrogens with two attached hydrogens (primary N) is 1. The van der Waals surface area contributed by atoms with Gasteiger partial charge in [0.25, 0.3) is 0 Å². The van der Waals surface area contributed by atoms with E-state index in [1.54, 1.807) is 0 Å². The molecule has 2 rings (SSSR count). The molecule has 88 valence electrons. The Balaban J connectivity index is 2.26. The molecular weight excluding hydrogens is 240 g/mol. The highest BCUT2D eigenvalue weighted by Gasteiger charge is 2.16. The van der Waals surface area contributed by atoms with Crippen LogP contribution in [0.3, 0.4) is 0 Å². The summed E-state index contributed by atoms with van der Waals surface area (Å²) >= 11 is 5.55. The van der Waals surface area contributed by atoms with Crippen LogP contribution in [0, 0.1) is 0 Å². The minimum atomic E-state index is -0.103. The molecule has 1 amide bonds. The predicted molar refractivity (Wildman–Crippen MR) is 67.7 cm³/mol. The normalized spacial score (nSPS) is 15.7. The SMILES string of the molecule is NC(CCl)=Nc1cccc(C2=NNC(=O)C2)c1. The molecule has 5 nitrogen and oxygen atoms in total. The number of hydrogen-bond donors (Lipinski definition) is 2. The van der Waals surface area contributed by atoms with Gasteiger partial charge in [-0.05, 0) is 12.1 Å². The third kappa shape index (κ3) is 2.82. The van der Waals surface area contributed by atoms with E-state index < -0.39 is 0 Å². The van der Waals surface area contributed by atoms with Gasteiger partial charge >= 0.3 is 0 Å². The van der Waals surface area contributed by atoms with Crippen molar-refractivity contribution < 1.29 is 4.79 Å². The van der Waals surface area contributed by atoms with Crippen LogP contribution in [0.2, 0.25) is 0 Å². The zero-order chi connectivity index (χ0) is 12.3. The molecule has 17 heavy (non-hydrogen) atoms. The van der Waals surface area contributed by atoms with Crippen molar-refractivity contribution in [3.05, 3.63) is 29.8 Å². The van der Waals surface area contributed by atoms with Crippen molar-refractivity contribution >= 4 is 34.7 Å². The number of amidine groups is 1. The topological polar surface area (TPSA) is 79.8 Å². The molecule has 6 heteroatoms. The van der Waals surface area contributed by atoms with Gasteiger partial charge in [0.15, 0.2) is 0 Å². The Morgan fingerprint density at radius 1 is 1.59 bits per heavy atom. The van der Waals surface area contributed by atoms with Gasteiger partial charge in [-0.2, -0.15) is 5.10 Å². The fourth-order valence-corrected chi connectivity index (χ4v) is 1.54. The molecule has 0 atom stereocenters. The lowest BCUT2D eigenvalue weighted by atomic mass is 10.1. The predicted octanol–water partition coefficient (Wildman–Crippen LogP) is 1.14. The van der Waals surface area contributed by atoms with Gasteiger partial charge in [-0.25, -0.2) is 10.4 Å². The highest BCUT2D eigenvalue weighted by molar-refractivity contribution is 6.28. The van der Waals surface area contributed by atoms with Gasteiger partial charge in [0.2, 0.25) is 5.91 Å². The van der Waals surface area contributed by atoms with Crippen molar-refractivity contribution in [2.45, 2.75) is 6.42 Å². The number of nitrogens with zero attached hydrogens (tertiary/aromatic N) is 2. The summed E-state index contributed by atoms with van der Waals surface area (Å²) in [5, 5.41) is 3.94. The fraction of sp³-hybridized carbons (Fsp3) is 0.182. The van der Waals surface area contributed by atoms with E-state index in [9.17, 15) is 4.79 Å². The largest absolute Gasteiger partial charge is 0.386 e. The lowest BCUT2D eigenvalue weighted by Crippen LogP contribution is -2.12. The summed E-state index contributed by atoms with van der Waals surface area (Å²) in [6, 6.07) is 7.34. The summed E-state index contributed by atoms with van der Waals surface area (Å²) in [7, 11) is 0. The molecule has 0 unspecified atom stereocenters. The van der Waals surface area contributed by atoms with Crippen molar-refractivity contribution in [3.63, 3.8) is 0 Å². The van der Waals surface area contributed by atoms with E-state index in [4.69, 9.17) is 17.3 Å². The van der Waals surface area contributed by atoms with Gasteiger partial charge < -0.3 is 5.73 Å². The molecule has 0 radical (unpaired) electrons. The van der Waals surface area contributed by atoms with Crippen LogP contribution in [-0.4, -0.2) is 23.3 Å². The van der Waals surface area contributed by atoms with Crippen molar-refractivity contribution in [2.75, 3.05) is 5.88 Å². The van der Waals surface area contributed by atoms with Crippen LogP contribution < -0.4 is 11.2 Å². The quantitative estimate of drug-likeness (QED) is 0.479. The first-order chi connectivity index (χ1) is 8.19. The van der Waals surface area contributed by atoms with Crippen molar-refractivity contribution in [1.29, 1.82) is 0 Å².